The number of aromatic nitrogens is 2. The molecule has 0 amide bonds. The Labute approximate surface area is 90.3 Å². The van der Waals surface area contributed by atoms with Gasteiger partial charge in [0.1, 0.15) is 5.82 Å². The van der Waals surface area contributed by atoms with E-state index in [4.69, 9.17) is 5.73 Å². The SMILES string of the molecule is CCC(O)CNc1c(N)c(C)nn1CC. The van der Waals surface area contributed by atoms with Crippen LogP contribution in [-0.2, 0) is 6.54 Å². The fourth-order valence-electron chi connectivity index (χ4n) is 1.37. The molecule has 0 fully saturated rings. The highest BCUT2D eigenvalue weighted by atomic mass is 16.3. The number of nitrogen functional groups attached to an aromatic ring is 1. The summed E-state index contributed by atoms with van der Waals surface area (Å²) in [5, 5.41) is 16.9. The number of aliphatic hydroxyl groups is 1. The molecule has 0 aliphatic carbocycles. The summed E-state index contributed by atoms with van der Waals surface area (Å²) in [6.45, 7) is 7.10. The van der Waals surface area contributed by atoms with E-state index in [1.807, 2.05) is 25.5 Å². The van der Waals surface area contributed by atoms with Gasteiger partial charge in [-0.15, -0.1) is 0 Å². The van der Waals surface area contributed by atoms with Gasteiger partial charge < -0.3 is 16.2 Å². The molecule has 0 radical (unpaired) electrons. The summed E-state index contributed by atoms with van der Waals surface area (Å²) in [6.07, 6.45) is 0.386. The van der Waals surface area contributed by atoms with Crippen LogP contribution in [0, 0.1) is 6.92 Å². The molecule has 0 aromatic carbocycles. The molecule has 0 bridgehead atoms. The van der Waals surface area contributed by atoms with E-state index in [-0.39, 0.29) is 6.10 Å². The Morgan fingerprint density at radius 3 is 2.73 bits per heavy atom. The van der Waals surface area contributed by atoms with E-state index in [1.165, 1.54) is 0 Å². The first-order chi connectivity index (χ1) is 7.10. The molecular weight excluding hydrogens is 192 g/mol. The summed E-state index contributed by atoms with van der Waals surface area (Å²) in [6, 6.07) is 0. The van der Waals surface area contributed by atoms with Crippen LogP contribution in [0.15, 0.2) is 0 Å². The summed E-state index contributed by atoms with van der Waals surface area (Å²) < 4.78 is 1.81. The molecule has 0 saturated heterocycles. The van der Waals surface area contributed by atoms with E-state index in [0.29, 0.717) is 12.2 Å². The quantitative estimate of drug-likeness (QED) is 0.680. The minimum absolute atomic E-state index is 0.343. The van der Waals surface area contributed by atoms with Gasteiger partial charge in [0.25, 0.3) is 0 Å². The molecule has 0 spiro atoms. The lowest BCUT2D eigenvalue weighted by Crippen LogP contribution is -2.20. The molecule has 15 heavy (non-hydrogen) atoms. The van der Waals surface area contributed by atoms with Crippen molar-refractivity contribution in [2.75, 3.05) is 17.6 Å². The smallest absolute Gasteiger partial charge is 0.148 e. The molecule has 1 aromatic rings. The number of aliphatic hydroxyl groups excluding tert-OH is 1. The number of aryl methyl sites for hydroxylation is 2. The molecule has 1 unspecified atom stereocenters. The summed E-state index contributed by atoms with van der Waals surface area (Å²) in [7, 11) is 0. The van der Waals surface area contributed by atoms with Gasteiger partial charge in [-0.05, 0) is 20.3 Å². The summed E-state index contributed by atoms with van der Waals surface area (Å²) in [5.74, 6) is 0.808. The first-order valence-corrected chi connectivity index (χ1v) is 5.34. The normalized spacial score (nSPS) is 12.8. The van der Waals surface area contributed by atoms with Gasteiger partial charge >= 0.3 is 0 Å². The molecule has 1 aromatic heterocycles. The number of hydrogen-bond donors (Lipinski definition) is 3. The van der Waals surface area contributed by atoms with Crippen LogP contribution in [0.5, 0.6) is 0 Å². The average Bonchev–Trinajstić information content (AvgIpc) is 2.52. The van der Waals surface area contributed by atoms with Crippen molar-refractivity contribution in [2.24, 2.45) is 0 Å². The number of rotatable bonds is 5. The van der Waals surface area contributed by atoms with Gasteiger partial charge in [0, 0.05) is 13.1 Å². The van der Waals surface area contributed by atoms with Crippen LogP contribution in [0.1, 0.15) is 26.0 Å². The van der Waals surface area contributed by atoms with Gasteiger partial charge in [-0.25, -0.2) is 4.68 Å². The fourth-order valence-corrected chi connectivity index (χ4v) is 1.37. The summed E-state index contributed by atoms with van der Waals surface area (Å²) in [4.78, 5) is 0. The van der Waals surface area contributed by atoms with Gasteiger partial charge in [-0.2, -0.15) is 5.10 Å². The molecule has 5 nitrogen and oxygen atoms in total. The molecule has 4 N–H and O–H groups in total. The lowest BCUT2D eigenvalue weighted by Gasteiger charge is -2.12. The van der Waals surface area contributed by atoms with Crippen molar-refractivity contribution >= 4 is 11.5 Å². The van der Waals surface area contributed by atoms with Gasteiger partial charge in [0.05, 0.1) is 17.5 Å². The molecule has 1 heterocycles. The highest BCUT2D eigenvalue weighted by Crippen LogP contribution is 2.21. The van der Waals surface area contributed by atoms with Crippen LogP contribution in [0.2, 0.25) is 0 Å². The standard InChI is InChI=1S/C10H20N4O/c1-4-8(15)6-12-10-9(11)7(3)13-14(10)5-2/h8,12,15H,4-6,11H2,1-3H3. The van der Waals surface area contributed by atoms with E-state index in [1.54, 1.807) is 0 Å². The lowest BCUT2D eigenvalue weighted by molar-refractivity contribution is 0.183. The minimum atomic E-state index is -0.343. The van der Waals surface area contributed by atoms with Crippen LogP contribution in [0.4, 0.5) is 11.5 Å². The summed E-state index contributed by atoms with van der Waals surface area (Å²) >= 11 is 0. The topological polar surface area (TPSA) is 76.1 Å². The van der Waals surface area contributed by atoms with E-state index < -0.39 is 0 Å². The van der Waals surface area contributed by atoms with Crippen molar-refractivity contribution in [3.05, 3.63) is 5.69 Å². The highest BCUT2D eigenvalue weighted by molar-refractivity contribution is 5.64. The Hall–Kier alpha value is -1.23. The Kier molecular flexibility index (Phi) is 3.96. The second kappa shape index (κ2) is 5.02. The second-order valence-electron chi connectivity index (χ2n) is 3.61. The van der Waals surface area contributed by atoms with E-state index >= 15 is 0 Å². The molecule has 5 heteroatoms. The van der Waals surface area contributed by atoms with Crippen LogP contribution < -0.4 is 11.1 Å². The van der Waals surface area contributed by atoms with E-state index in [0.717, 1.165) is 24.5 Å². The molecule has 1 atom stereocenters. The Morgan fingerprint density at radius 1 is 1.53 bits per heavy atom. The molecule has 0 aliphatic heterocycles. The lowest BCUT2D eigenvalue weighted by atomic mass is 10.3. The van der Waals surface area contributed by atoms with Crippen molar-refractivity contribution in [1.82, 2.24) is 9.78 Å². The second-order valence-corrected chi connectivity index (χ2v) is 3.61. The highest BCUT2D eigenvalue weighted by Gasteiger charge is 2.11. The number of hydrogen-bond acceptors (Lipinski definition) is 4. The Bertz CT molecular complexity index is 321. The number of nitrogens with zero attached hydrogens (tertiary/aromatic N) is 2. The van der Waals surface area contributed by atoms with E-state index in [9.17, 15) is 5.11 Å². The molecule has 1 rings (SSSR count). The molecular formula is C10H20N4O. The maximum Gasteiger partial charge on any atom is 0.148 e. The third kappa shape index (κ3) is 2.62. The van der Waals surface area contributed by atoms with Gasteiger partial charge in [-0.1, -0.05) is 6.92 Å². The van der Waals surface area contributed by atoms with Gasteiger partial charge in [-0.3, -0.25) is 0 Å². The van der Waals surface area contributed by atoms with Crippen LogP contribution in [-0.4, -0.2) is 27.5 Å². The average molecular weight is 212 g/mol. The maximum atomic E-state index is 9.45. The number of nitrogens with one attached hydrogen (secondary N) is 1. The van der Waals surface area contributed by atoms with Crippen molar-refractivity contribution in [2.45, 2.75) is 39.8 Å². The number of anilines is 2. The predicted octanol–water partition coefficient (Wildman–Crippen LogP) is 0.976. The zero-order valence-electron chi connectivity index (χ0n) is 9.62. The predicted molar refractivity (Wildman–Crippen MR) is 61.8 cm³/mol. The molecule has 0 saturated carbocycles. The first kappa shape index (κ1) is 11.8. The van der Waals surface area contributed by atoms with Gasteiger partial charge in [0.2, 0.25) is 0 Å². The van der Waals surface area contributed by atoms with Gasteiger partial charge in [0.15, 0.2) is 0 Å². The summed E-state index contributed by atoms with van der Waals surface area (Å²) in [5.41, 5.74) is 7.37. The minimum Gasteiger partial charge on any atom is -0.394 e. The maximum absolute atomic E-state index is 9.45. The van der Waals surface area contributed by atoms with E-state index in [2.05, 4.69) is 10.4 Å². The van der Waals surface area contributed by atoms with Crippen molar-refractivity contribution in [3.8, 4) is 0 Å². The zero-order chi connectivity index (χ0) is 11.4. The van der Waals surface area contributed by atoms with Crippen molar-refractivity contribution < 1.29 is 5.11 Å². The third-order valence-electron chi connectivity index (χ3n) is 2.45. The Morgan fingerprint density at radius 2 is 2.20 bits per heavy atom. The van der Waals surface area contributed by atoms with Crippen molar-refractivity contribution in [3.63, 3.8) is 0 Å². The largest absolute Gasteiger partial charge is 0.394 e. The zero-order valence-corrected chi connectivity index (χ0v) is 9.62. The van der Waals surface area contributed by atoms with Crippen LogP contribution in [0.25, 0.3) is 0 Å². The third-order valence-corrected chi connectivity index (χ3v) is 2.45. The van der Waals surface area contributed by atoms with Crippen LogP contribution in [0.3, 0.4) is 0 Å². The monoisotopic (exact) mass is 212 g/mol. The fraction of sp³-hybridized carbons (Fsp3) is 0.700. The van der Waals surface area contributed by atoms with Crippen molar-refractivity contribution in [1.29, 1.82) is 0 Å². The first-order valence-electron chi connectivity index (χ1n) is 5.34. The molecule has 0 aliphatic rings. The Balaban J connectivity index is 2.74. The van der Waals surface area contributed by atoms with Crippen LogP contribution >= 0.6 is 0 Å². The molecule has 86 valence electrons. The number of nitrogens with two attached hydrogens (primary N) is 1.